The average Bonchev–Trinajstić information content (AvgIpc) is 2.59. The number of nitrogens with zero attached hydrogens (tertiary/aromatic N) is 2. The molecule has 2 aromatic heterocycles. The summed E-state index contributed by atoms with van der Waals surface area (Å²) < 4.78 is 14.6. The number of carbonyl (C=O) groups excluding carboxylic acids is 1. The Bertz CT molecular complexity index is 965. The van der Waals surface area contributed by atoms with Crippen LogP contribution in [0.25, 0.3) is 0 Å². The van der Waals surface area contributed by atoms with Crippen LogP contribution in [0, 0.1) is 5.82 Å². The molecule has 0 fully saturated rings. The van der Waals surface area contributed by atoms with Crippen LogP contribution < -0.4 is 10.9 Å². The van der Waals surface area contributed by atoms with Crippen LogP contribution in [-0.2, 0) is 13.5 Å². The van der Waals surface area contributed by atoms with E-state index in [2.05, 4.69) is 10.3 Å². The molecular formula is C19H16FN3O2. The highest BCUT2D eigenvalue weighted by Crippen LogP contribution is 2.11. The SMILES string of the molecule is Cn1cc(NC(=O)c2ccc(Cc3cccc(F)c3)cn2)ccc1=O. The molecule has 0 radical (unpaired) electrons. The highest BCUT2D eigenvalue weighted by Gasteiger charge is 2.08. The van der Waals surface area contributed by atoms with Crippen LogP contribution in [0.4, 0.5) is 10.1 Å². The topological polar surface area (TPSA) is 64.0 Å². The first kappa shape index (κ1) is 16.6. The van der Waals surface area contributed by atoms with Crippen LogP contribution >= 0.6 is 0 Å². The number of benzene rings is 1. The zero-order valence-corrected chi connectivity index (χ0v) is 13.6. The van der Waals surface area contributed by atoms with Gasteiger partial charge >= 0.3 is 0 Å². The van der Waals surface area contributed by atoms with Gasteiger partial charge in [-0.25, -0.2) is 4.39 Å². The Kier molecular flexibility index (Phi) is 4.70. The predicted molar refractivity (Wildman–Crippen MR) is 93.1 cm³/mol. The molecule has 2 heterocycles. The van der Waals surface area contributed by atoms with Crippen molar-refractivity contribution in [1.82, 2.24) is 9.55 Å². The van der Waals surface area contributed by atoms with Gasteiger partial charge in [-0.1, -0.05) is 18.2 Å². The zero-order chi connectivity index (χ0) is 17.8. The van der Waals surface area contributed by atoms with Crippen molar-refractivity contribution in [2.75, 3.05) is 5.32 Å². The lowest BCUT2D eigenvalue weighted by Gasteiger charge is -2.07. The molecule has 5 nitrogen and oxygen atoms in total. The number of aromatic nitrogens is 2. The maximum Gasteiger partial charge on any atom is 0.274 e. The first-order chi connectivity index (χ1) is 12.0. The van der Waals surface area contributed by atoms with Crippen molar-refractivity contribution >= 4 is 11.6 Å². The summed E-state index contributed by atoms with van der Waals surface area (Å²) >= 11 is 0. The van der Waals surface area contributed by atoms with Crippen LogP contribution in [-0.4, -0.2) is 15.5 Å². The fourth-order valence-electron chi connectivity index (χ4n) is 2.41. The van der Waals surface area contributed by atoms with E-state index in [1.165, 1.54) is 22.8 Å². The molecule has 25 heavy (non-hydrogen) atoms. The van der Waals surface area contributed by atoms with E-state index in [1.54, 1.807) is 43.7 Å². The molecule has 0 saturated heterocycles. The lowest BCUT2D eigenvalue weighted by Crippen LogP contribution is -2.18. The highest BCUT2D eigenvalue weighted by atomic mass is 19.1. The van der Waals surface area contributed by atoms with E-state index in [4.69, 9.17) is 0 Å². The zero-order valence-electron chi connectivity index (χ0n) is 13.6. The Hall–Kier alpha value is -3.28. The molecule has 1 aromatic carbocycles. The Labute approximate surface area is 143 Å². The van der Waals surface area contributed by atoms with Crippen molar-refractivity contribution in [3.63, 3.8) is 0 Å². The van der Waals surface area contributed by atoms with Gasteiger partial charge in [-0.15, -0.1) is 0 Å². The number of carbonyl (C=O) groups is 1. The maximum atomic E-state index is 13.2. The van der Waals surface area contributed by atoms with Crippen molar-refractivity contribution in [3.8, 4) is 0 Å². The fraction of sp³-hybridized carbons (Fsp3) is 0.105. The number of aryl methyl sites for hydroxylation is 1. The summed E-state index contributed by atoms with van der Waals surface area (Å²) in [6, 6.07) is 12.7. The molecule has 0 bridgehead atoms. The van der Waals surface area contributed by atoms with Gasteiger partial charge in [0.05, 0.1) is 5.69 Å². The number of pyridine rings is 2. The minimum Gasteiger partial charge on any atom is -0.319 e. The fourth-order valence-corrected chi connectivity index (χ4v) is 2.41. The molecule has 0 aliphatic carbocycles. The number of halogens is 1. The van der Waals surface area contributed by atoms with E-state index < -0.39 is 0 Å². The summed E-state index contributed by atoms with van der Waals surface area (Å²) in [5.74, 6) is -0.644. The van der Waals surface area contributed by atoms with Crippen LogP contribution in [0.15, 0.2) is 65.7 Å². The quantitative estimate of drug-likeness (QED) is 0.796. The third kappa shape index (κ3) is 4.17. The number of nitrogens with one attached hydrogen (secondary N) is 1. The summed E-state index contributed by atoms with van der Waals surface area (Å²) in [5, 5.41) is 2.69. The van der Waals surface area contributed by atoms with Gasteiger partial charge in [0, 0.05) is 25.5 Å². The van der Waals surface area contributed by atoms with E-state index in [0.717, 1.165) is 11.1 Å². The Morgan fingerprint density at radius 1 is 1.16 bits per heavy atom. The second-order valence-electron chi connectivity index (χ2n) is 5.68. The number of amides is 1. The van der Waals surface area contributed by atoms with E-state index >= 15 is 0 Å². The van der Waals surface area contributed by atoms with Gasteiger partial charge < -0.3 is 9.88 Å². The standard InChI is InChI=1S/C19H16FN3O2/c1-23-12-16(6-8-18(23)24)22-19(25)17-7-5-14(11-21-17)9-13-3-2-4-15(20)10-13/h2-8,10-12H,9H2,1H3,(H,22,25). The molecule has 0 aliphatic rings. The van der Waals surface area contributed by atoms with Gasteiger partial charge in [0.25, 0.3) is 5.91 Å². The monoisotopic (exact) mass is 337 g/mol. The first-order valence-electron chi connectivity index (χ1n) is 7.69. The largest absolute Gasteiger partial charge is 0.319 e. The van der Waals surface area contributed by atoms with E-state index in [9.17, 15) is 14.0 Å². The highest BCUT2D eigenvalue weighted by molar-refractivity contribution is 6.02. The van der Waals surface area contributed by atoms with E-state index in [-0.39, 0.29) is 23.0 Å². The van der Waals surface area contributed by atoms with E-state index in [1.807, 2.05) is 6.07 Å². The van der Waals surface area contributed by atoms with Crippen LogP contribution in [0.3, 0.4) is 0 Å². The summed E-state index contributed by atoms with van der Waals surface area (Å²) in [7, 11) is 1.61. The Balaban J connectivity index is 1.69. The molecule has 0 saturated carbocycles. The van der Waals surface area contributed by atoms with Gasteiger partial charge in [-0.2, -0.15) is 0 Å². The Morgan fingerprint density at radius 2 is 2.00 bits per heavy atom. The summed E-state index contributed by atoms with van der Waals surface area (Å²) in [4.78, 5) is 27.7. The minimum absolute atomic E-state index is 0.155. The molecule has 0 unspecified atom stereocenters. The van der Waals surface area contributed by atoms with Crippen molar-refractivity contribution in [1.29, 1.82) is 0 Å². The van der Waals surface area contributed by atoms with Gasteiger partial charge in [-0.05, 0) is 41.8 Å². The second kappa shape index (κ2) is 7.09. The third-order valence-electron chi connectivity index (χ3n) is 3.70. The molecule has 3 aromatic rings. The molecule has 6 heteroatoms. The molecule has 1 amide bonds. The molecule has 3 rings (SSSR count). The number of hydrogen-bond acceptors (Lipinski definition) is 3. The molecule has 1 N–H and O–H groups in total. The van der Waals surface area contributed by atoms with Gasteiger partial charge in [0.2, 0.25) is 5.56 Å². The van der Waals surface area contributed by atoms with Crippen LogP contribution in [0.5, 0.6) is 0 Å². The normalized spacial score (nSPS) is 10.5. The smallest absolute Gasteiger partial charge is 0.274 e. The predicted octanol–water partition coefficient (Wildman–Crippen LogP) is 2.76. The first-order valence-corrected chi connectivity index (χ1v) is 7.69. The molecule has 0 aliphatic heterocycles. The van der Waals surface area contributed by atoms with Crippen LogP contribution in [0.1, 0.15) is 21.6 Å². The number of hydrogen-bond donors (Lipinski definition) is 1. The van der Waals surface area contributed by atoms with Crippen molar-refractivity contribution in [3.05, 3.63) is 93.9 Å². The number of anilines is 1. The summed E-state index contributed by atoms with van der Waals surface area (Å²) in [5.41, 5.74) is 2.33. The molecular weight excluding hydrogens is 321 g/mol. The Morgan fingerprint density at radius 3 is 2.68 bits per heavy atom. The minimum atomic E-state index is -0.365. The van der Waals surface area contributed by atoms with Crippen LogP contribution in [0.2, 0.25) is 0 Å². The van der Waals surface area contributed by atoms with Crippen molar-refractivity contribution < 1.29 is 9.18 Å². The average molecular weight is 337 g/mol. The van der Waals surface area contributed by atoms with Crippen molar-refractivity contribution in [2.45, 2.75) is 6.42 Å². The lowest BCUT2D eigenvalue weighted by atomic mass is 10.1. The molecule has 0 spiro atoms. The third-order valence-corrected chi connectivity index (χ3v) is 3.70. The maximum absolute atomic E-state index is 13.2. The molecule has 126 valence electrons. The van der Waals surface area contributed by atoms with E-state index in [0.29, 0.717) is 12.1 Å². The number of rotatable bonds is 4. The second-order valence-corrected chi connectivity index (χ2v) is 5.68. The summed E-state index contributed by atoms with van der Waals surface area (Å²) in [6.07, 6.45) is 3.67. The van der Waals surface area contributed by atoms with Crippen molar-refractivity contribution in [2.24, 2.45) is 7.05 Å². The van der Waals surface area contributed by atoms with Gasteiger partial charge in [-0.3, -0.25) is 14.6 Å². The summed E-state index contributed by atoms with van der Waals surface area (Å²) in [6.45, 7) is 0. The van der Waals surface area contributed by atoms with Gasteiger partial charge in [0.15, 0.2) is 0 Å². The molecule has 0 atom stereocenters. The van der Waals surface area contributed by atoms with Gasteiger partial charge in [0.1, 0.15) is 11.5 Å². The lowest BCUT2D eigenvalue weighted by molar-refractivity contribution is 0.102.